The standard InChI is InChI=1S/C38H55N5O9/c1-8-16-27(32(45)35(48)39-22-29(44)42-31(26-20-14-11-15-21-26)36(49)52-38(5,6)7)40-33(46)28(17-9-2)41-34(47)30(25-18-12-10-13-19-25)43-37(50)51-23-24(3)4/h8-9,11,14-15,20-21,24-25,27-28,30-31H,1-2,10,12-13,16-19,22-23H2,3-7H3,(H,39,48)(H,40,46)(H,41,47)(H,42,44)(H,43,50)/t27?,28-,30-,31?/m0/s1. The Hall–Kier alpha value is -5.01. The Labute approximate surface area is 306 Å². The molecule has 4 atom stereocenters. The fourth-order valence-corrected chi connectivity index (χ4v) is 5.51. The second kappa shape index (κ2) is 21.4. The van der Waals surface area contributed by atoms with E-state index in [0.717, 1.165) is 19.3 Å². The van der Waals surface area contributed by atoms with Crippen LogP contribution < -0.4 is 26.6 Å². The van der Waals surface area contributed by atoms with E-state index in [4.69, 9.17) is 9.47 Å². The fourth-order valence-electron chi connectivity index (χ4n) is 5.51. The molecule has 5 N–H and O–H groups in total. The van der Waals surface area contributed by atoms with Crippen molar-refractivity contribution in [2.24, 2.45) is 11.8 Å². The maximum atomic E-state index is 13.6. The molecule has 2 unspecified atom stereocenters. The Bertz CT molecular complexity index is 1420. The van der Waals surface area contributed by atoms with E-state index in [1.807, 2.05) is 13.8 Å². The summed E-state index contributed by atoms with van der Waals surface area (Å²) in [7, 11) is 0. The van der Waals surface area contributed by atoms with E-state index in [1.165, 1.54) is 12.2 Å². The average Bonchev–Trinajstić information content (AvgIpc) is 3.10. The van der Waals surface area contributed by atoms with Gasteiger partial charge in [0.25, 0.3) is 5.91 Å². The molecule has 0 aromatic heterocycles. The highest BCUT2D eigenvalue weighted by molar-refractivity contribution is 6.38. The largest absolute Gasteiger partial charge is 0.458 e. The van der Waals surface area contributed by atoms with Gasteiger partial charge in [-0.15, -0.1) is 13.2 Å². The first-order chi connectivity index (χ1) is 24.6. The lowest BCUT2D eigenvalue weighted by molar-refractivity contribution is -0.158. The molecule has 1 aromatic rings. The molecule has 1 saturated carbocycles. The SMILES string of the molecule is C=CCC(NC(=O)[C@H](CC=C)NC(=O)[C@@H](NC(=O)OCC(C)C)C1CCCCC1)C(=O)C(=O)NCC(=O)NC(C(=O)OC(C)(C)C)c1ccccc1. The number of benzene rings is 1. The van der Waals surface area contributed by atoms with Crippen molar-refractivity contribution in [3.63, 3.8) is 0 Å². The molecule has 52 heavy (non-hydrogen) atoms. The minimum absolute atomic E-state index is 0.0195. The van der Waals surface area contributed by atoms with Gasteiger partial charge in [0, 0.05) is 0 Å². The number of hydrogen-bond acceptors (Lipinski definition) is 9. The lowest BCUT2D eigenvalue weighted by atomic mass is 9.83. The van der Waals surface area contributed by atoms with E-state index in [1.54, 1.807) is 51.1 Å². The van der Waals surface area contributed by atoms with Crippen LogP contribution in [0.25, 0.3) is 0 Å². The lowest BCUT2D eigenvalue weighted by Crippen LogP contribution is -2.58. The summed E-state index contributed by atoms with van der Waals surface area (Å²) in [4.78, 5) is 91.4. The van der Waals surface area contributed by atoms with Gasteiger partial charge in [-0.05, 0) is 63.9 Å². The first-order valence-electron chi connectivity index (χ1n) is 17.7. The summed E-state index contributed by atoms with van der Waals surface area (Å²) in [6.07, 6.45) is 6.06. The predicted molar refractivity (Wildman–Crippen MR) is 194 cm³/mol. The number of hydrogen-bond donors (Lipinski definition) is 5. The van der Waals surface area contributed by atoms with Crippen LogP contribution in [0, 0.1) is 11.8 Å². The quantitative estimate of drug-likeness (QED) is 0.0807. The highest BCUT2D eigenvalue weighted by Crippen LogP contribution is 2.27. The van der Waals surface area contributed by atoms with E-state index in [2.05, 4.69) is 39.7 Å². The van der Waals surface area contributed by atoms with Crippen molar-refractivity contribution in [2.45, 2.75) is 109 Å². The van der Waals surface area contributed by atoms with Gasteiger partial charge in [-0.3, -0.25) is 24.0 Å². The third kappa shape index (κ3) is 15.1. The van der Waals surface area contributed by atoms with Crippen molar-refractivity contribution in [3.05, 3.63) is 61.2 Å². The van der Waals surface area contributed by atoms with E-state index >= 15 is 0 Å². The summed E-state index contributed by atoms with van der Waals surface area (Å²) in [6.45, 7) is 15.6. The maximum Gasteiger partial charge on any atom is 0.407 e. The number of ketones is 1. The minimum Gasteiger partial charge on any atom is -0.458 e. The molecule has 0 bridgehead atoms. The molecule has 1 aliphatic carbocycles. The Morgan fingerprint density at radius 3 is 2.00 bits per heavy atom. The summed E-state index contributed by atoms with van der Waals surface area (Å²) < 4.78 is 10.7. The zero-order valence-electron chi connectivity index (χ0n) is 31.0. The Kier molecular flexibility index (Phi) is 17.7. The van der Waals surface area contributed by atoms with Crippen molar-refractivity contribution < 1.29 is 43.0 Å². The maximum absolute atomic E-state index is 13.6. The normalized spacial score (nSPS) is 15.4. The number of Topliss-reactive ketones (excluding diaryl/α,β-unsaturated/α-hetero) is 1. The summed E-state index contributed by atoms with van der Waals surface area (Å²) >= 11 is 0. The van der Waals surface area contributed by atoms with Crippen LogP contribution in [0.4, 0.5) is 4.79 Å². The summed E-state index contributed by atoms with van der Waals surface area (Å²) in [5.41, 5.74) is -0.378. The van der Waals surface area contributed by atoms with Crippen molar-refractivity contribution in [1.82, 2.24) is 26.6 Å². The molecule has 14 nitrogen and oxygen atoms in total. The van der Waals surface area contributed by atoms with Gasteiger partial charge < -0.3 is 36.1 Å². The number of ether oxygens (including phenoxy) is 2. The summed E-state index contributed by atoms with van der Waals surface area (Å²) in [5.74, 6) is -5.15. The van der Waals surface area contributed by atoms with Crippen molar-refractivity contribution in [1.29, 1.82) is 0 Å². The van der Waals surface area contributed by atoms with Gasteiger partial charge in [-0.25, -0.2) is 9.59 Å². The van der Waals surface area contributed by atoms with Crippen LogP contribution in [0.5, 0.6) is 0 Å². The molecule has 14 heteroatoms. The number of rotatable bonds is 19. The van der Waals surface area contributed by atoms with Crippen LogP contribution >= 0.6 is 0 Å². The zero-order valence-corrected chi connectivity index (χ0v) is 31.0. The van der Waals surface area contributed by atoms with Gasteiger partial charge >= 0.3 is 12.1 Å². The lowest BCUT2D eigenvalue weighted by Gasteiger charge is -2.31. The molecule has 2 rings (SSSR count). The first kappa shape index (κ1) is 43.2. The van der Waals surface area contributed by atoms with Gasteiger partial charge in [0.1, 0.15) is 23.7 Å². The molecular weight excluding hydrogens is 670 g/mol. The van der Waals surface area contributed by atoms with Gasteiger partial charge in [0.15, 0.2) is 6.04 Å². The molecule has 286 valence electrons. The number of nitrogens with one attached hydrogen (secondary N) is 5. The topological polar surface area (TPSA) is 198 Å². The Balaban J connectivity index is 2.10. The van der Waals surface area contributed by atoms with Gasteiger partial charge in [0.05, 0.1) is 13.2 Å². The molecule has 5 amide bonds. The number of carbonyl (C=O) groups is 7. The number of esters is 1. The smallest absolute Gasteiger partial charge is 0.407 e. The average molecular weight is 726 g/mol. The van der Waals surface area contributed by atoms with Crippen LogP contribution in [0.3, 0.4) is 0 Å². The van der Waals surface area contributed by atoms with Gasteiger partial charge in [-0.1, -0.05) is 75.6 Å². The van der Waals surface area contributed by atoms with Gasteiger partial charge in [-0.2, -0.15) is 0 Å². The molecular formula is C38H55N5O9. The molecule has 0 spiro atoms. The van der Waals surface area contributed by atoms with Crippen LogP contribution in [0.1, 0.15) is 91.2 Å². The van der Waals surface area contributed by atoms with Crippen LogP contribution in [-0.4, -0.2) is 78.4 Å². The number of alkyl carbamates (subject to hydrolysis) is 1. The van der Waals surface area contributed by atoms with Crippen molar-refractivity contribution in [2.75, 3.05) is 13.2 Å². The van der Waals surface area contributed by atoms with Crippen molar-refractivity contribution in [3.8, 4) is 0 Å². The predicted octanol–water partition coefficient (Wildman–Crippen LogP) is 3.32. The third-order valence-corrected chi connectivity index (χ3v) is 8.01. The molecule has 0 radical (unpaired) electrons. The molecule has 1 aliphatic rings. The zero-order chi connectivity index (χ0) is 38.8. The summed E-state index contributed by atoms with van der Waals surface area (Å²) in [6, 6.07) is 3.68. The van der Waals surface area contributed by atoms with E-state index in [-0.39, 0.29) is 31.3 Å². The highest BCUT2D eigenvalue weighted by atomic mass is 16.6. The molecule has 0 saturated heterocycles. The van der Waals surface area contributed by atoms with Crippen LogP contribution in [-0.2, 0) is 38.2 Å². The summed E-state index contributed by atoms with van der Waals surface area (Å²) in [5, 5.41) is 12.6. The minimum atomic E-state index is -1.38. The molecule has 1 fully saturated rings. The second-order valence-electron chi connectivity index (χ2n) is 14.2. The van der Waals surface area contributed by atoms with E-state index in [0.29, 0.717) is 18.4 Å². The first-order valence-corrected chi connectivity index (χ1v) is 17.7. The van der Waals surface area contributed by atoms with E-state index < -0.39 is 77.8 Å². The Morgan fingerprint density at radius 1 is 0.827 bits per heavy atom. The number of carbonyl (C=O) groups excluding carboxylic acids is 7. The third-order valence-electron chi connectivity index (χ3n) is 8.01. The van der Waals surface area contributed by atoms with Crippen LogP contribution in [0.2, 0.25) is 0 Å². The highest BCUT2D eigenvalue weighted by Gasteiger charge is 2.35. The molecule has 0 heterocycles. The van der Waals surface area contributed by atoms with E-state index in [9.17, 15) is 33.6 Å². The molecule has 0 aliphatic heterocycles. The molecule has 1 aromatic carbocycles. The fraction of sp³-hybridized carbons (Fsp3) is 0.553. The van der Waals surface area contributed by atoms with Crippen molar-refractivity contribution >= 4 is 41.5 Å². The number of amides is 5. The Morgan fingerprint density at radius 2 is 1.42 bits per heavy atom. The van der Waals surface area contributed by atoms with Crippen LogP contribution in [0.15, 0.2) is 55.6 Å². The van der Waals surface area contributed by atoms with Gasteiger partial charge in [0.2, 0.25) is 23.5 Å². The second-order valence-corrected chi connectivity index (χ2v) is 14.2. The monoisotopic (exact) mass is 725 g/mol.